The number of aryl methyl sites for hydroxylation is 1. The predicted molar refractivity (Wildman–Crippen MR) is 149 cm³/mol. The van der Waals surface area contributed by atoms with Gasteiger partial charge in [-0.3, -0.25) is 4.79 Å². The lowest BCUT2D eigenvalue weighted by Crippen LogP contribution is -2.63. The summed E-state index contributed by atoms with van der Waals surface area (Å²) >= 11 is 0. The first-order valence-electron chi connectivity index (χ1n) is 12.9. The van der Waals surface area contributed by atoms with Crippen LogP contribution in [0.15, 0.2) is 82.0 Å². The van der Waals surface area contributed by atoms with Crippen LogP contribution in [0.25, 0.3) is 22.1 Å². The van der Waals surface area contributed by atoms with Gasteiger partial charge >= 0.3 is 5.63 Å². The molecule has 0 spiro atoms. The first-order valence-corrected chi connectivity index (χ1v) is 12.9. The van der Waals surface area contributed by atoms with Crippen LogP contribution in [-0.2, 0) is 9.47 Å². The zero-order valence-electron chi connectivity index (χ0n) is 22.6. The average Bonchev–Trinajstić information content (AvgIpc) is 2.94. The van der Waals surface area contributed by atoms with Crippen molar-refractivity contribution < 1.29 is 33.6 Å². The number of hydrogen-bond donors (Lipinski definition) is 3. The SMILES string of the molecule is CO[C@@H]1[C@@H](O)[C@H](O)[C@H](Oc2ccc3cc(NC(=O)c4ccccc4-c4ccccc4)c(=O)oc3c2C)OC1(C)C. The molecule has 5 rings (SSSR count). The van der Waals surface area contributed by atoms with Gasteiger partial charge in [0.05, 0.1) is 5.60 Å². The van der Waals surface area contributed by atoms with Crippen molar-refractivity contribution in [3.05, 3.63) is 94.3 Å². The largest absolute Gasteiger partial charge is 0.462 e. The minimum Gasteiger partial charge on any atom is -0.462 e. The Morgan fingerprint density at radius 3 is 2.40 bits per heavy atom. The van der Waals surface area contributed by atoms with E-state index in [1.54, 1.807) is 51.1 Å². The van der Waals surface area contributed by atoms with Crippen LogP contribution in [0.3, 0.4) is 0 Å². The summed E-state index contributed by atoms with van der Waals surface area (Å²) in [7, 11) is 1.43. The second kappa shape index (κ2) is 10.9. The van der Waals surface area contributed by atoms with Crippen LogP contribution in [0.5, 0.6) is 5.75 Å². The minimum atomic E-state index is -1.38. The Labute approximate surface area is 230 Å². The second-order valence-corrected chi connectivity index (χ2v) is 10.3. The van der Waals surface area contributed by atoms with E-state index in [0.29, 0.717) is 22.3 Å². The molecule has 1 amide bonds. The van der Waals surface area contributed by atoms with E-state index in [2.05, 4.69) is 5.32 Å². The highest BCUT2D eigenvalue weighted by molar-refractivity contribution is 6.09. The van der Waals surface area contributed by atoms with E-state index in [4.69, 9.17) is 18.6 Å². The van der Waals surface area contributed by atoms with E-state index in [-0.39, 0.29) is 11.3 Å². The molecule has 2 heterocycles. The van der Waals surface area contributed by atoms with Crippen molar-refractivity contribution in [2.45, 2.75) is 51.0 Å². The van der Waals surface area contributed by atoms with E-state index in [0.717, 1.165) is 11.1 Å². The Bertz CT molecular complexity index is 1600. The van der Waals surface area contributed by atoms with Gasteiger partial charge in [-0.2, -0.15) is 0 Å². The van der Waals surface area contributed by atoms with Crippen LogP contribution in [0, 0.1) is 6.92 Å². The van der Waals surface area contributed by atoms with Crippen molar-refractivity contribution in [1.29, 1.82) is 0 Å². The second-order valence-electron chi connectivity index (χ2n) is 10.3. The molecule has 9 heteroatoms. The van der Waals surface area contributed by atoms with E-state index < -0.39 is 41.7 Å². The van der Waals surface area contributed by atoms with Crippen LogP contribution >= 0.6 is 0 Å². The highest BCUT2D eigenvalue weighted by Gasteiger charge is 2.50. The Balaban J connectivity index is 1.41. The van der Waals surface area contributed by atoms with Crippen LogP contribution in [0.2, 0.25) is 0 Å². The minimum absolute atomic E-state index is 0.00468. The summed E-state index contributed by atoms with van der Waals surface area (Å²) in [6.45, 7) is 5.16. The lowest BCUT2D eigenvalue weighted by atomic mass is 9.89. The summed E-state index contributed by atoms with van der Waals surface area (Å²) in [5.74, 6) is -0.145. The molecule has 0 aliphatic carbocycles. The Kier molecular flexibility index (Phi) is 7.48. The molecule has 0 radical (unpaired) electrons. The topological polar surface area (TPSA) is 127 Å². The van der Waals surface area contributed by atoms with Gasteiger partial charge in [0, 0.05) is 23.6 Å². The van der Waals surface area contributed by atoms with E-state index in [1.807, 2.05) is 42.5 Å². The molecule has 9 nitrogen and oxygen atoms in total. The summed E-state index contributed by atoms with van der Waals surface area (Å²) in [4.78, 5) is 26.1. The normalized spacial score (nSPS) is 22.1. The highest BCUT2D eigenvalue weighted by atomic mass is 16.7. The summed E-state index contributed by atoms with van der Waals surface area (Å²) in [5, 5.41) is 24.4. The number of carbonyl (C=O) groups excluding carboxylic acids is 1. The van der Waals surface area contributed by atoms with Crippen molar-refractivity contribution in [1.82, 2.24) is 0 Å². The number of carbonyl (C=O) groups is 1. The maximum Gasteiger partial charge on any atom is 0.360 e. The number of hydrogen-bond acceptors (Lipinski definition) is 8. The van der Waals surface area contributed by atoms with E-state index in [9.17, 15) is 19.8 Å². The van der Waals surface area contributed by atoms with Gasteiger partial charge < -0.3 is 34.2 Å². The van der Waals surface area contributed by atoms with Gasteiger partial charge in [0.25, 0.3) is 5.91 Å². The molecule has 0 bridgehead atoms. The Hall–Kier alpha value is -4.02. The first kappa shape index (κ1) is 27.5. The van der Waals surface area contributed by atoms with Crippen LogP contribution < -0.4 is 15.7 Å². The molecular weight excluding hydrogens is 514 g/mol. The molecule has 4 aromatic rings. The van der Waals surface area contributed by atoms with Crippen molar-refractivity contribution in [3.63, 3.8) is 0 Å². The molecule has 0 saturated carbocycles. The summed E-state index contributed by atoms with van der Waals surface area (Å²) in [6, 6.07) is 21.5. The van der Waals surface area contributed by atoms with Crippen LogP contribution in [0.1, 0.15) is 29.8 Å². The van der Waals surface area contributed by atoms with Gasteiger partial charge in [-0.1, -0.05) is 48.5 Å². The van der Waals surface area contributed by atoms with Gasteiger partial charge in [-0.05, 0) is 56.2 Å². The molecule has 1 fully saturated rings. The fourth-order valence-electron chi connectivity index (χ4n) is 5.09. The number of nitrogens with one attached hydrogen (secondary N) is 1. The number of aliphatic hydroxyl groups excluding tert-OH is 2. The van der Waals surface area contributed by atoms with Crippen molar-refractivity contribution in [2.24, 2.45) is 0 Å². The van der Waals surface area contributed by atoms with Crippen molar-refractivity contribution >= 4 is 22.6 Å². The number of anilines is 1. The van der Waals surface area contributed by atoms with E-state index >= 15 is 0 Å². The summed E-state index contributed by atoms with van der Waals surface area (Å²) in [6.07, 6.45) is -4.57. The van der Waals surface area contributed by atoms with Gasteiger partial charge in [0.1, 0.15) is 35.3 Å². The number of amides is 1. The average molecular weight is 546 g/mol. The zero-order chi connectivity index (χ0) is 28.6. The summed E-state index contributed by atoms with van der Waals surface area (Å²) in [5.41, 5.74) is 1.09. The number of methoxy groups -OCH3 is 1. The smallest absolute Gasteiger partial charge is 0.360 e. The van der Waals surface area contributed by atoms with Crippen molar-refractivity contribution in [3.8, 4) is 16.9 Å². The van der Waals surface area contributed by atoms with E-state index in [1.165, 1.54) is 7.11 Å². The molecule has 3 N–H and O–H groups in total. The number of benzene rings is 3. The van der Waals surface area contributed by atoms with Crippen molar-refractivity contribution in [2.75, 3.05) is 12.4 Å². The van der Waals surface area contributed by atoms with Gasteiger partial charge in [-0.15, -0.1) is 0 Å². The number of fused-ring (bicyclic) bond motifs is 1. The number of ether oxygens (including phenoxy) is 3. The molecule has 4 atom stereocenters. The third kappa shape index (κ3) is 5.12. The summed E-state index contributed by atoms with van der Waals surface area (Å²) < 4.78 is 22.8. The third-order valence-electron chi connectivity index (χ3n) is 7.15. The Morgan fingerprint density at radius 1 is 0.975 bits per heavy atom. The lowest BCUT2D eigenvalue weighted by Gasteiger charge is -2.46. The molecule has 40 heavy (non-hydrogen) atoms. The predicted octanol–water partition coefficient (Wildman–Crippen LogP) is 4.27. The van der Waals surface area contributed by atoms with Gasteiger partial charge in [0.2, 0.25) is 6.29 Å². The lowest BCUT2D eigenvalue weighted by molar-refractivity contribution is -0.306. The zero-order valence-corrected chi connectivity index (χ0v) is 22.6. The maximum atomic E-state index is 13.2. The molecule has 208 valence electrons. The molecule has 1 saturated heterocycles. The number of aliphatic hydroxyl groups is 2. The monoisotopic (exact) mass is 545 g/mol. The first-order chi connectivity index (χ1) is 19.1. The molecule has 0 unspecified atom stereocenters. The fraction of sp³-hybridized carbons (Fsp3) is 0.290. The molecule has 1 aliphatic heterocycles. The maximum absolute atomic E-state index is 13.2. The molecule has 1 aromatic heterocycles. The Morgan fingerprint density at radius 2 is 1.68 bits per heavy atom. The molecule has 1 aliphatic rings. The quantitative estimate of drug-likeness (QED) is 0.307. The standard InChI is InChI=1S/C31H31NO8/c1-17-23(38-30-25(34)24(33)27(37-4)31(2,3)40-30)15-14-19-16-22(29(36)39-26(17)19)32-28(35)21-13-9-8-12-20(21)18-10-6-5-7-11-18/h5-16,24-25,27,30,33-34H,1-4H3,(H,32,35)/t24-,25-,27+,30+/m0/s1. The van der Waals surface area contributed by atoms with Crippen LogP contribution in [-0.4, -0.2) is 53.4 Å². The van der Waals surface area contributed by atoms with Gasteiger partial charge in [-0.25, -0.2) is 4.79 Å². The number of rotatable bonds is 6. The van der Waals surface area contributed by atoms with Crippen LogP contribution in [0.4, 0.5) is 5.69 Å². The highest BCUT2D eigenvalue weighted by Crippen LogP contribution is 2.35. The third-order valence-corrected chi connectivity index (χ3v) is 7.15. The van der Waals surface area contributed by atoms with Gasteiger partial charge in [0.15, 0.2) is 0 Å². The molecule has 3 aromatic carbocycles. The molecular formula is C31H31NO8. The fourth-order valence-corrected chi connectivity index (χ4v) is 5.09.